The molecule has 0 aliphatic carbocycles. The van der Waals surface area contributed by atoms with Crippen LogP contribution in [-0.2, 0) is 6.54 Å². The summed E-state index contributed by atoms with van der Waals surface area (Å²) in [5.41, 5.74) is 2.48. The number of halogens is 1. The lowest BCUT2D eigenvalue weighted by atomic mass is 10.1. The van der Waals surface area contributed by atoms with Crippen molar-refractivity contribution in [3.8, 4) is 5.75 Å². The first-order valence-electron chi connectivity index (χ1n) is 14.3. The van der Waals surface area contributed by atoms with E-state index in [0.29, 0.717) is 17.3 Å². The standard InChI is InChI=1S/C31H44ClN3O2S/c1-2-3-4-5-6-7-8-9-10-11-12-13-21-37-28-18-19-30(29(32)23-28)34-31(36)33-27-16-14-26(15-17-27)24-35-20-22-38-25-35/h14-20,22-23H,2-13,21,24-25H2,1H3,(H2,33,34,36). The summed E-state index contributed by atoms with van der Waals surface area (Å²) in [6.45, 7) is 3.81. The number of hydrogen-bond donors (Lipinski definition) is 2. The van der Waals surface area contributed by atoms with Crippen LogP contribution in [0.15, 0.2) is 54.1 Å². The van der Waals surface area contributed by atoms with Crippen molar-refractivity contribution in [2.75, 3.05) is 23.1 Å². The number of ether oxygens (including phenoxy) is 1. The van der Waals surface area contributed by atoms with Crippen LogP contribution in [0.1, 0.15) is 89.5 Å². The van der Waals surface area contributed by atoms with Crippen LogP contribution in [0.3, 0.4) is 0 Å². The Labute approximate surface area is 238 Å². The van der Waals surface area contributed by atoms with Crippen LogP contribution in [0, 0.1) is 0 Å². The Morgan fingerprint density at radius 1 is 0.895 bits per heavy atom. The maximum Gasteiger partial charge on any atom is 0.323 e. The van der Waals surface area contributed by atoms with Crippen LogP contribution in [-0.4, -0.2) is 23.4 Å². The topological polar surface area (TPSA) is 53.6 Å². The number of urea groups is 1. The molecule has 208 valence electrons. The number of carbonyl (C=O) groups is 1. The lowest BCUT2D eigenvalue weighted by Gasteiger charge is -2.15. The monoisotopic (exact) mass is 557 g/mol. The average Bonchev–Trinajstić information content (AvgIpc) is 3.42. The molecule has 5 nitrogen and oxygen atoms in total. The molecule has 3 rings (SSSR count). The van der Waals surface area contributed by atoms with E-state index in [2.05, 4.69) is 34.1 Å². The Balaban J connectivity index is 1.26. The van der Waals surface area contributed by atoms with Crippen molar-refractivity contribution in [3.63, 3.8) is 0 Å². The minimum absolute atomic E-state index is 0.330. The largest absolute Gasteiger partial charge is 0.494 e. The van der Waals surface area contributed by atoms with Crippen LogP contribution >= 0.6 is 23.4 Å². The molecule has 0 aromatic heterocycles. The highest BCUT2D eigenvalue weighted by Crippen LogP contribution is 2.27. The molecule has 1 aliphatic heterocycles. The fourth-order valence-corrected chi connectivity index (χ4v) is 5.37. The molecule has 2 aromatic rings. The Hall–Kier alpha value is -2.31. The fraction of sp³-hybridized carbons (Fsp3) is 0.516. The summed E-state index contributed by atoms with van der Waals surface area (Å²) in [6, 6.07) is 12.9. The van der Waals surface area contributed by atoms with Crippen LogP contribution in [0.2, 0.25) is 5.02 Å². The van der Waals surface area contributed by atoms with E-state index in [1.807, 2.05) is 30.3 Å². The van der Waals surface area contributed by atoms with E-state index < -0.39 is 0 Å². The minimum atomic E-state index is -0.330. The lowest BCUT2D eigenvalue weighted by Crippen LogP contribution is -2.19. The van der Waals surface area contributed by atoms with Gasteiger partial charge in [0.05, 0.1) is 23.2 Å². The molecule has 0 fully saturated rings. The maximum atomic E-state index is 12.5. The first kappa shape index (κ1) is 30.2. The summed E-state index contributed by atoms with van der Waals surface area (Å²) in [4.78, 5) is 14.7. The third kappa shape index (κ3) is 12.0. The molecule has 0 saturated carbocycles. The average molecular weight is 558 g/mol. The van der Waals surface area contributed by atoms with Crippen LogP contribution in [0.5, 0.6) is 5.75 Å². The Kier molecular flexibility index (Phi) is 14.4. The molecule has 0 atom stereocenters. The van der Waals surface area contributed by atoms with Gasteiger partial charge < -0.3 is 20.3 Å². The van der Waals surface area contributed by atoms with E-state index in [9.17, 15) is 4.79 Å². The molecular weight excluding hydrogens is 514 g/mol. The predicted octanol–water partition coefficient (Wildman–Crippen LogP) is 10.0. The van der Waals surface area contributed by atoms with Gasteiger partial charge in [-0.05, 0) is 41.7 Å². The van der Waals surface area contributed by atoms with Crippen molar-refractivity contribution in [3.05, 3.63) is 64.7 Å². The molecule has 2 aromatic carbocycles. The van der Waals surface area contributed by atoms with Gasteiger partial charge in [0.2, 0.25) is 0 Å². The lowest BCUT2D eigenvalue weighted by molar-refractivity contribution is 0.262. The number of thioether (sulfide) groups is 1. The molecule has 2 amide bonds. The molecule has 0 saturated heterocycles. The molecule has 1 aliphatic rings. The van der Waals surface area contributed by atoms with Gasteiger partial charge >= 0.3 is 6.03 Å². The molecule has 1 heterocycles. The smallest absolute Gasteiger partial charge is 0.323 e. The highest BCUT2D eigenvalue weighted by molar-refractivity contribution is 8.02. The summed E-state index contributed by atoms with van der Waals surface area (Å²) in [5, 5.41) is 8.24. The van der Waals surface area contributed by atoms with Crippen molar-refractivity contribution in [2.24, 2.45) is 0 Å². The predicted molar refractivity (Wildman–Crippen MR) is 164 cm³/mol. The van der Waals surface area contributed by atoms with Gasteiger partial charge in [-0.3, -0.25) is 0 Å². The molecule has 0 radical (unpaired) electrons. The van der Waals surface area contributed by atoms with E-state index >= 15 is 0 Å². The quantitative estimate of drug-likeness (QED) is 0.179. The van der Waals surface area contributed by atoms with Gasteiger partial charge in [0.1, 0.15) is 5.75 Å². The van der Waals surface area contributed by atoms with Gasteiger partial charge in [-0.15, -0.1) is 11.8 Å². The van der Waals surface area contributed by atoms with E-state index in [1.165, 1.54) is 76.2 Å². The van der Waals surface area contributed by atoms with Crippen molar-refractivity contribution in [1.29, 1.82) is 0 Å². The second-order valence-corrected chi connectivity index (χ2v) is 11.3. The number of nitrogens with zero attached hydrogens (tertiary/aromatic N) is 1. The van der Waals surface area contributed by atoms with E-state index in [4.69, 9.17) is 16.3 Å². The molecule has 0 unspecified atom stereocenters. The Bertz CT molecular complexity index is 984. The number of nitrogens with one attached hydrogen (secondary N) is 2. The zero-order valence-electron chi connectivity index (χ0n) is 22.9. The van der Waals surface area contributed by atoms with Crippen molar-refractivity contribution in [1.82, 2.24) is 4.90 Å². The number of amides is 2. The maximum absolute atomic E-state index is 12.5. The van der Waals surface area contributed by atoms with Gasteiger partial charge in [0, 0.05) is 24.5 Å². The van der Waals surface area contributed by atoms with Crippen LogP contribution in [0.4, 0.5) is 16.2 Å². The van der Waals surface area contributed by atoms with Crippen LogP contribution in [0.25, 0.3) is 0 Å². The van der Waals surface area contributed by atoms with Crippen molar-refractivity contribution in [2.45, 2.75) is 90.5 Å². The third-order valence-electron chi connectivity index (χ3n) is 6.66. The molecule has 2 N–H and O–H groups in total. The third-order valence-corrected chi connectivity index (χ3v) is 7.77. The number of carbonyl (C=O) groups excluding carboxylic acids is 1. The Morgan fingerprint density at radius 2 is 1.55 bits per heavy atom. The van der Waals surface area contributed by atoms with Gasteiger partial charge in [0.15, 0.2) is 0 Å². The van der Waals surface area contributed by atoms with Crippen molar-refractivity contribution < 1.29 is 9.53 Å². The van der Waals surface area contributed by atoms with Crippen LogP contribution < -0.4 is 15.4 Å². The first-order valence-corrected chi connectivity index (χ1v) is 15.7. The second-order valence-electron chi connectivity index (χ2n) is 9.98. The molecule has 38 heavy (non-hydrogen) atoms. The summed E-state index contributed by atoms with van der Waals surface area (Å²) >= 11 is 8.19. The summed E-state index contributed by atoms with van der Waals surface area (Å²) in [5.74, 6) is 1.71. The Morgan fingerprint density at radius 3 is 2.16 bits per heavy atom. The molecule has 0 bridgehead atoms. The number of benzene rings is 2. The number of rotatable bonds is 18. The first-order chi connectivity index (χ1) is 18.6. The normalized spacial score (nSPS) is 12.6. The molecule has 7 heteroatoms. The summed E-state index contributed by atoms with van der Waals surface area (Å²) in [7, 11) is 0. The molecular formula is C31H44ClN3O2S. The van der Waals surface area contributed by atoms with Gasteiger partial charge in [-0.25, -0.2) is 4.79 Å². The summed E-state index contributed by atoms with van der Waals surface area (Å²) in [6.07, 6.45) is 18.0. The second kappa shape index (κ2) is 18.1. The number of anilines is 2. The SMILES string of the molecule is CCCCCCCCCCCCCCOc1ccc(NC(=O)Nc2ccc(CN3C=CSC3)cc2)c(Cl)c1. The van der Waals surface area contributed by atoms with E-state index in [-0.39, 0.29) is 6.03 Å². The number of hydrogen-bond acceptors (Lipinski definition) is 4. The zero-order chi connectivity index (χ0) is 26.8. The highest BCUT2D eigenvalue weighted by atomic mass is 35.5. The van der Waals surface area contributed by atoms with Gasteiger partial charge in [-0.2, -0.15) is 0 Å². The zero-order valence-corrected chi connectivity index (χ0v) is 24.4. The molecule has 0 spiro atoms. The fourth-order valence-electron chi connectivity index (χ4n) is 4.44. The number of unbranched alkanes of at least 4 members (excludes halogenated alkanes) is 11. The van der Waals surface area contributed by atoms with Gasteiger partial charge in [0.25, 0.3) is 0 Å². The van der Waals surface area contributed by atoms with Crippen molar-refractivity contribution >= 4 is 40.8 Å². The van der Waals surface area contributed by atoms with Gasteiger partial charge in [-0.1, -0.05) is 101 Å². The van der Waals surface area contributed by atoms with E-state index in [1.54, 1.807) is 23.9 Å². The minimum Gasteiger partial charge on any atom is -0.494 e. The highest BCUT2D eigenvalue weighted by Gasteiger charge is 2.09. The van der Waals surface area contributed by atoms with E-state index in [0.717, 1.165) is 30.3 Å². The summed E-state index contributed by atoms with van der Waals surface area (Å²) < 4.78 is 5.87.